The highest BCUT2D eigenvalue weighted by Crippen LogP contribution is 2.12. The van der Waals surface area contributed by atoms with Gasteiger partial charge in [0.2, 0.25) is 0 Å². The summed E-state index contributed by atoms with van der Waals surface area (Å²) in [4.78, 5) is 0. The van der Waals surface area contributed by atoms with E-state index in [9.17, 15) is 0 Å². The standard InChI is InChI=1S/C13H16BrN3/c1-3-17-12(15-16-13(17)9-14)8-11-6-4-5-10(2)7-11/h4-7H,3,8-9H2,1-2H3. The van der Waals surface area contributed by atoms with Crippen molar-refractivity contribution in [2.45, 2.75) is 32.1 Å². The van der Waals surface area contributed by atoms with Crippen molar-refractivity contribution in [3.05, 3.63) is 47.0 Å². The average molecular weight is 294 g/mol. The van der Waals surface area contributed by atoms with Gasteiger partial charge >= 0.3 is 0 Å². The van der Waals surface area contributed by atoms with Crippen molar-refractivity contribution in [2.24, 2.45) is 0 Å². The molecule has 17 heavy (non-hydrogen) atoms. The van der Waals surface area contributed by atoms with Gasteiger partial charge in [-0.1, -0.05) is 45.8 Å². The van der Waals surface area contributed by atoms with Crippen molar-refractivity contribution < 1.29 is 0 Å². The van der Waals surface area contributed by atoms with Crippen LogP contribution in [-0.4, -0.2) is 14.8 Å². The number of aromatic nitrogens is 3. The molecule has 1 heterocycles. The first-order chi connectivity index (χ1) is 8.24. The number of alkyl halides is 1. The Bertz CT molecular complexity index is 505. The molecule has 2 aromatic rings. The lowest BCUT2D eigenvalue weighted by Crippen LogP contribution is -2.05. The fourth-order valence-electron chi connectivity index (χ4n) is 1.97. The Morgan fingerprint density at radius 3 is 2.65 bits per heavy atom. The molecule has 0 saturated carbocycles. The lowest BCUT2D eigenvalue weighted by Gasteiger charge is -2.06. The smallest absolute Gasteiger partial charge is 0.143 e. The van der Waals surface area contributed by atoms with Crippen LogP contribution >= 0.6 is 15.9 Å². The van der Waals surface area contributed by atoms with Gasteiger partial charge < -0.3 is 4.57 Å². The van der Waals surface area contributed by atoms with Gasteiger partial charge in [0.15, 0.2) is 0 Å². The minimum Gasteiger partial charge on any atom is -0.314 e. The van der Waals surface area contributed by atoms with E-state index < -0.39 is 0 Å². The van der Waals surface area contributed by atoms with Crippen molar-refractivity contribution in [1.82, 2.24) is 14.8 Å². The summed E-state index contributed by atoms with van der Waals surface area (Å²) in [6, 6.07) is 8.53. The Morgan fingerprint density at radius 1 is 1.24 bits per heavy atom. The average Bonchev–Trinajstić information content (AvgIpc) is 2.71. The number of halogens is 1. The number of rotatable bonds is 4. The predicted molar refractivity (Wildman–Crippen MR) is 72.3 cm³/mol. The third-order valence-electron chi connectivity index (χ3n) is 2.78. The zero-order valence-electron chi connectivity index (χ0n) is 10.2. The molecule has 0 fully saturated rings. The van der Waals surface area contributed by atoms with E-state index in [0.717, 1.165) is 29.9 Å². The second-order valence-electron chi connectivity index (χ2n) is 4.08. The first-order valence-electron chi connectivity index (χ1n) is 5.77. The topological polar surface area (TPSA) is 30.7 Å². The van der Waals surface area contributed by atoms with Crippen LogP contribution in [0, 0.1) is 6.92 Å². The van der Waals surface area contributed by atoms with Crippen LogP contribution in [0.3, 0.4) is 0 Å². The van der Waals surface area contributed by atoms with E-state index >= 15 is 0 Å². The van der Waals surface area contributed by atoms with E-state index in [4.69, 9.17) is 0 Å². The summed E-state index contributed by atoms with van der Waals surface area (Å²) in [7, 11) is 0. The van der Waals surface area contributed by atoms with E-state index in [1.54, 1.807) is 0 Å². The molecule has 4 heteroatoms. The first-order valence-corrected chi connectivity index (χ1v) is 6.89. The van der Waals surface area contributed by atoms with Crippen LogP contribution < -0.4 is 0 Å². The fraction of sp³-hybridized carbons (Fsp3) is 0.385. The van der Waals surface area contributed by atoms with E-state index in [1.165, 1.54) is 11.1 Å². The molecule has 0 spiro atoms. The lowest BCUT2D eigenvalue weighted by atomic mass is 10.1. The molecule has 0 aliphatic carbocycles. The monoisotopic (exact) mass is 293 g/mol. The van der Waals surface area contributed by atoms with Crippen LogP contribution in [0.2, 0.25) is 0 Å². The van der Waals surface area contributed by atoms with Gasteiger partial charge in [0, 0.05) is 13.0 Å². The van der Waals surface area contributed by atoms with Crippen molar-refractivity contribution >= 4 is 15.9 Å². The summed E-state index contributed by atoms with van der Waals surface area (Å²) in [5.41, 5.74) is 2.57. The van der Waals surface area contributed by atoms with Gasteiger partial charge in [-0.25, -0.2) is 0 Å². The van der Waals surface area contributed by atoms with Gasteiger partial charge in [-0.3, -0.25) is 0 Å². The number of aryl methyl sites for hydroxylation is 1. The van der Waals surface area contributed by atoms with Crippen LogP contribution in [0.25, 0.3) is 0 Å². The number of benzene rings is 1. The van der Waals surface area contributed by atoms with Crippen molar-refractivity contribution in [3.8, 4) is 0 Å². The van der Waals surface area contributed by atoms with Crippen molar-refractivity contribution in [2.75, 3.05) is 0 Å². The molecule has 2 rings (SSSR count). The number of hydrogen-bond acceptors (Lipinski definition) is 2. The molecular formula is C13H16BrN3. The van der Waals surface area contributed by atoms with E-state index in [0.29, 0.717) is 0 Å². The molecule has 0 bridgehead atoms. The van der Waals surface area contributed by atoms with E-state index in [1.807, 2.05) is 0 Å². The summed E-state index contributed by atoms with van der Waals surface area (Å²) in [6.45, 7) is 5.14. The fourth-order valence-corrected chi connectivity index (χ4v) is 2.39. The molecule has 0 unspecified atom stereocenters. The molecule has 0 aliphatic heterocycles. The zero-order chi connectivity index (χ0) is 12.3. The van der Waals surface area contributed by atoms with Crippen molar-refractivity contribution in [3.63, 3.8) is 0 Å². The predicted octanol–water partition coefficient (Wildman–Crippen LogP) is 3.09. The minimum absolute atomic E-state index is 0.752. The molecule has 90 valence electrons. The normalized spacial score (nSPS) is 10.8. The second-order valence-corrected chi connectivity index (χ2v) is 4.64. The van der Waals surface area contributed by atoms with Gasteiger partial charge in [0.25, 0.3) is 0 Å². The van der Waals surface area contributed by atoms with Crippen LogP contribution in [0.1, 0.15) is 29.7 Å². The van der Waals surface area contributed by atoms with Gasteiger partial charge in [0.1, 0.15) is 11.6 Å². The van der Waals surface area contributed by atoms with Gasteiger partial charge in [-0.15, -0.1) is 10.2 Å². The maximum Gasteiger partial charge on any atom is 0.143 e. The summed E-state index contributed by atoms with van der Waals surface area (Å²) < 4.78 is 2.16. The van der Waals surface area contributed by atoms with Crippen LogP contribution in [0.4, 0.5) is 0 Å². The number of hydrogen-bond donors (Lipinski definition) is 0. The Hall–Kier alpha value is -1.16. The molecule has 0 atom stereocenters. The van der Waals surface area contributed by atoms with Crippen molar-refractivity contribution in [1.29, 1.82) is 0 Å². The van der Waals surface area contributed by atoms with Gasteiger partial charge in [-0.2, -0.15) is 0 Å². The molecule has 0 saturated heterocycles. The third kappa shape index (κ3) is 2.75. The molecule has 0 aliphatic rings. The zero-order valence-corrected chi connectivity index (χ0v) is 11.7. The molecule has 0 N–H and O–H groups in total. The van der Waals surface area contributed by atoms with Gasteiger partial charge in [-0.05, 0) is 19.4 Å². The summed E-state index contributed by atoms with van der Waals surface area (Å²) in [6.07, 6.45) is 0.843. The van der Waals surface area contributed by atoms with Gasteiger partial charge in [0.05, 0.1) is 5.33 Å². The van der Waals surface area contributed by atoms with Crippen LogP contribution in [0.15, 0.2) is 24.3 Å². The van der Waals surface area contributed by atoms with E-state index in [-0.39, 0.29) is 0 Å². The highest BCUT2D eigenvalue weighted by atomic mass is 79.9. The maximum absolute atomic E-state index is 4.27. The van der Waals surface area contributed by atoms with Crippen LogP contribution in [-0.2, 0) is 18.3 Å². The minimum atomic E-state index is 0.752. The first kappa shape index (κ1) is 12.3. The highest BCUT2D eigenvalue weighted by Gasteiger charge is 2.09. The molecular weight excluding hydrogens is 278 g/mol. The second kappa shape index (κ2) is 5.45. The summed E-state index contributed by atoms with van der Waals surface area (Å²) in [5, 5.41) is 9.21. The Balaban J connectivity index is 2.27. The Morgan fingerprint density at radius 2 is 2.00 bits per heavy atom. The number of nitrogens with zero attached hydrogens (tertiary/aromatic N) is 3. The van der Waals surface area contributed by atoms with Crippen LogP contribution in [0.5, 0.6) is 0 Å². The Kier molecular flexibility index (Phi) is 3.94. The summed E-state index contributed by atoms with van der Waals surface area (Å²) in [5.74, 6) is 2.03. The molecule has 1 aromatic heterocycles. The lowest BCUT2D eigenvalue weighted by molar-refractivity contribution is 0.688. The molecule has 0 amide bonds. The summed E-state index contributed by atoms with van der Waals surface area (Å²) >= 11 is 3.44. The molecule has 0 radical (unpaired) electrons. The third-order valence-corrected chi connectivity index (χ3v) is 3.29. The van der Waals surface area contributed by atoms with E-state index in [2.05, 4.69) is 68.8 Å². The molecule has 3 nitrogen and oxygen atoms in total. The quantitative estimate of drug-likeness (QED) is 0.811. The highest BCUT2D eigenvalue weighted by molar-refractivity contribution is 9.08. The largest absolute Gasteiger partial charge is 0.314 e. The Labute approximate surface area is 110 Å². The SMILES string of the molecule is CCn1c(CBr)nnc1Cc1cccc(C)c1. The maximum atomic E-state index is 4.27. The molecule has 1 aromatic carbocycles.